The number of rotatable bonds is 3. The van der Waals surface area contributed by atoms with Crippen molar-refractivity contribution in [1.29, 1.82) is 0 Å². The van der Waals surface area contributed by atoms with Crippen molar-refractivity contribution in [3.05, 3.63) is 58.9 Å². The van der Waals surface area contributed by atoms with E-state index in [4.69, 9.17) is 4.74 Å². The molecule has 2 unspecified atom stereocenters. The third-order valence-corrected chi connectivity index (χ3v) is 6.06. The minimum absolute atomic E-state index is 0.0163. The Labute approximate surface area is 187 Å². The number of urea groups is 1. The lowest BCUT2D eigenvalue weighted by molar-refractivity contribution is -0.116. The van der Waals surface area contributed by atoms with Gasteiger partial charge in [-0.05, 0) is 35.7 Å². The molecule has 0 saturated carbocycles. The lowest BCUT2D eigenvalue weighted by Gasteiger charge is -2.27. The Morgan fingerprint density at radius 1 is 1.09 bits per heavy atom. The van der Waals surface area contributed by atoms with Crippen LogP contribution in [0.2, 0.25) is 0 Å². The third kappa shape index (κ3) is 4.24. The van der Waals surface area contributed by atoms with Crippen LogP contribution in [0.1, 0.15) is 36.4 Å². The maximum atomic E-state index is 14.5. The summed E-state index contributed by atoms with van der Waals surface area (Å²) in [6, 6.07) is 4.98. The van der Waals surface area contributed by atoms with Crippen molar-refractivity contribution in [2.45, 2.75) is 37.8 Å². The predicted octanol–water partition coefficient (Wildman–Crippen LogP) is 3.99. The van der Waals surface area contributed by atoms with Gasteiger partial charge in [-0.1, -0.05) is 0 Å². The highest BCUT2D eigenvalue weighted by atomic mass is 19.1. The zero-order valence-corrected chi connectivity index (χ0v) is 17.6. The minimum Gasteiger partial charge on any atom is -0.485 e. The lowest BCUT2D eigenvalue weighted by Crippen LogP contribution is -2.40. The van der Waals surface area contributed by atoms with Gasteiger partial charge in [0.05, 0.1) is 12.6 Å². The molecule has 2 atom stereocenters. The number of fused-ring (bicyclic) bond motifs is 1. The lowest BCUT2D eigenvalue weighted by atomic mass is 10.0. The molecule has 0 aromatic heterocycles. The molecule has 10 heteroatoms. The topological polar surface area (TPSA) is 74.2 Å². The number of nitrogens with one attached hydrogen (secondary N) is 1. The second-order valence-electron chi connectivity index (χ2n) is 8.34. The Balaban J connectivity index is 1.26. The van der Waals surface area contributed by atoms with Crippen LogP contribution in [-0.2, 0) is 11.2 Å². The first-order chi connectivity index (χ1) is 15.9. The monoisotopic (exact) mass is 458 g/mol. The number of hydrogen-bond donors (Lipinski definition) is 1. The van der Waals surface area contributed by atoms with Crippen molar-refractivity contribution in [2.75, 3.05) is 18.4 Å². The van der Waals surface area contributed by atoms with Crippen LogP contribution in [0, 0.1) is 17.5 Å². The fourth-order valence-corrected chi connectivity index (χ4v) is 4.43. The standard InChI is InChI=1S/C23H21F3N4O3/c24-15-7-14(8-16(25)10-15)20-3-5-27-30(20)23(32)29-6-4-17(12-29)33-21-11-19-13(9-18(21)26)1-2-22(31)28-19/h5,7-11,17,20H,1-4,6,12H2,(H,28,31). The van der Waals surface area contributed by atoms with Crippen LogP contribution < -0.4 is 10.1 Å². The van der Waals surface area contributed by atoms with Gasteiger partial charge in [-0.2, -0.15) is 5.10 Å². The summed E-state index contributed by atoms with van der Waals surface area (Å²) < 4.78 is 47.7. The largest absolute Gasteiger partial charge is 0.485 e. The molecule has 3 aliphatic heterocycles. The third-order valence-electron chi connectivity index (χ3n) is 6.06. The van der Waals surface area contributed by atoms with Gasteiger partial charge in [-0.25, -0.2) is 23.0 Å². The number of carbonyl (C=O) groups is 2. The Bertz CT molecular complexity index is 1140. The van der Waals surface area contributed by atoms with E-state index in [-0.39, 0.29) is 18.2 Å². The number of benzene rings is 2. The highest BCUT2D eigenvalue weighted by Gasteiger charge is 2.36. The molecule has 2 aromatic rings. The normalized spacial score (nSPS) is 21.8. The van der Waals surface area contributed by atoms with Gasteiger partial charge < -0.3 is 15.0 Å². The molecule has 3 amide bonds. The van der Waals surface area contributed by atoms with Crippen molar-refractivity contribution in [3.63, 3.8) is 0 Å². The van der Waals surface area contributed by atoms with Gasteiger partial charge in [0.2, 0.25) is 5.91 Å². The van der Waals surface area contributed by atoms with Crippen LogP contribution in [0.3, 0.4) is 0 Å². The van der Waals surface area contributed by atoms with Crippen molar-refractivity contribution in [1.82, 2.24) is 9.91 Å². The maximum absolute atomic E-state index is 14.5. The van der Waals surface area contributed by atoms with Crippen LogP contribution in [0.15, 0.2) is 35.4 Å². The van der Waals surface area contributed by atoms with Crippen LogP contribution >= 0.6 is 0 Å². The summed E-state index contributed by atoms with van der Waals surface area (Å²) in [5.41, 5.74) is 1.57. The summed E-state index contributed by atoms with van der Waals surface area (Å²) in [4.78, 5) is 26.2. The zero-order chi connectivity index (χ0) is 23.1. The molecule has 3 heterocycles. The Kier molecular flexibility index (Phi) is 5.43. The van der Waals surface area contributed by atoms with Crippen molar-refractivity contribution >= 4 is 23.8 Å². The molecular weight excluding hydrogens is 437 g/mol. The number of carbonyl (C=O) groups excluding carboxylic acids is 2. The summed E-state index contributed by atoms with van der Waals surface area (Å²) in [6.45, 7) is 0.570. The summed E-state index contributed by atoms with van der Waals surface area (Å²) in [7, 11) is 0. The van der Waals surface area contributed by atoms with E-state index in [1.807, 2.05) is 0 Å². The summed E-state index contributed by atoms with van der Waals surface area (Å²) in [6.07, 6.45) is 2.69. The van der Waals surface area contributed by atoms with E-state index >= 15 is 0 Å². The second-order valence-corrected chi connectivity index (χ2v) is 8.34. The first kappa shape index (κ1) is 21.3. The van der Waals surface area contributed by atoms with E-state index in [1.54, 1.807) is 0 Å². The van der Waals surface area contributed by atoms with Gasteiger partial charge in [0.25, 0.3) is 0 Å². The molecule has 7 nitrogen and oxygen atoms in total. The summed E-state index contributed by atoms with van der Waals surface area (Å²) >= 11 is 0. The number of hydrogen-bond acceptors (Lipinski definition) is 4. The molecule has 0 bridgehead atoms. The predicted molar refractivity (Wildman–Crippen MR) is 113 cm³/mol. The number of halogens is 3. The fourth-order valence-electron chi connectivity index (χ4n) is 4.43. The van der Waals surface area contributed by atoms with Crippen LogP contribution in [0.5, 0.6) is 5.75 Å². The molecule has 0 radical (unpaired) electrons. The quantitative estimate of drug-likeness (QED) is 0.756. The molecule has 1 fully saturated rings. The van der Waals surface area contributed by atoms with Crippen molar-refractivity contribution < 1.29 is 27.5 Å². The molecular formula is C23H21F3N4O3. The van der Waals surface area contributed by atoms with Crippen molar-refractivity contribution in [3.8, 4) is 5.75 Å². The van der Waals surface area contributed by atoms with Gasteiger partial charge in [-0.3, -0.25) is 4.79 Å². The van der Waals surface area contributed by atoms with E-state index in [0.29, 0.717) is 43.5 Å². The zero-order valence-electron chi connectivity index (χ0n) is 17.6. The highest BCUT2D eigenvalue weighted by molar-refractivity contribution is 5.94. The first-order valence-corrected chi connectivity index (χ1v) is 10.7. The average Bonchev–Trinajstić information content (AvgIpc) is 3.43. The number of amides is 3. The van der Waals surface area contributed by atoms with Gasteiger partial charge in [0.1, 0.15) is 17.7 Å². The number of nitrogens with zero attached hydrogens (tertiary/aromatic N) is 3. The minimum atomic E-state index is -0.720. The molecule has 2 aromatic carbocycles. The molecule has 1 N–H and O–H groups in total. The van der Waals surface area contributed by atoms with Crippen LogP contribution in [0.4, 0.5) is 23.7 Å². The summed E-state index contributed by atoms with van der Waals surface area (Å²) in [5, 5.41) is 8.04. The Morgan fingerprint density at radius 3 is 2.67 bits per heavy atom. The van der Waals surface area contributed by atoms with Crippen LogP contribution in [0.25, 0.3) is 0 Å². The van der Waals surface area contributed by atoms with E-state index in [0.717, 1.165) is 11.6 Å². The Hall–Kier alpha value is -3.56. The van der Waals surface area contributed by atoms with E-state index in [9.17, 15) is 22.8 Å². The number of anilines is 1. The molecule has 0 spiro atoms. The maximum Gasteiger partial charge on any atom is 0.341 e. The Morgan fingerprint density at radius 2 is 1.88 bits per heavy atom. The second kappa shape index (κ2) is 8.42. The smallest absolute Gasteiger partial charge is 0.341 e. The van der Waals surface area contributed by atoms with E-state index < -0.39 is 35.6 Å². The molecule has 3 aliphatic rings. The fraction of sp³-hybridized carbons (Fsp3) is 0.348. The number of aryl methyl sites for hydroxylation is 1. The number of likely N-dealkylation sites (tertiary alicyclic amines) is 1. The molecule has 1 saturated heterocycles. The molecule has 33 heavy (non-hydrogen) atoms. The molecule has 172 valence electrons. The number of hydrazone groups is 1. The number of ether oxygens (including phenoxy) is 1. The summed E-state index contributed by atoms with van der Waals surface area (Å²) in [5.74, 6) is -2.07. The van der Waals surface area contributed by atoms with Crippen LogP contribution in [-0.4, -0.2) is 47.3 Å². The molecule has 0 aliphatic carbocycles. The van der Waals surface area contributed by atoms with E-state index in [1.165, 1.54) is 40.4 Å². The molecule has 5 rings (SSSR count). The van der Waals surface area contributed by atoms with Gasteiger partial charge in [0, 0.05) is 49.8 Å². The van der Waals surface area contributed by atoms with Gasteiger partial charge in [-0.15, -0.1) is 0 Å². The highest BCUT2D eigenvalue weighted by Crippen LogP contribution is 2.33. The van der Waals surface area contributed by atoms with Gasteiger partial charge >= 0.3 is 6.03 Å². The van der Waals surface area contributed by atoms with Crippen molar-refractivity contribution in [2.24, 2.45) is 5.10 Å². The first-order valence-electron chi connectivity index (χ1n) is 10.7. The SMILES string of the molecule is O=C1CCc2cc(F)c(OC3CCN(C(=O)N4N=CCC4c4cc(F)cc(F)c4)C3)cc2N1. The average molecular weight is 458 g/mol. The van der Waals surface area contributed by atoms with Gasteiger partial charge in [0.15, 0.2) is 11.6 Å². The van der Waals surface area contributed by atoms with E-state index in [2.05, 4.69) is 10.4 Å².